The van der Waals surface area contributed by atoms with Gasteiger partial charge in [-0.05, 0) is 25.2 Å². The van der Waals surface area contributed by atoms with Gasteiger partial charge in [-0.25, -0.2) is 12.7 Å². The molecule has 0 aromatic heterocycles. The van der Waals surface area contributed by atoms with Gasteiger partial charge in [0.2, 0.25) is 10.0 Å². The fourth-order valence-corrected chi connectivity index (χ4v) is 3.89. The molecular weight excluding hydrogens is 274 g/mol. The van der Waals surface area contributed by atoms with Gasteiger partial charge in [0.15, 0.2) is 0 Å². The molecule has 0 atom stereocenters. The molecule has 0 bridgehead atoms. The van der Waals surface area contributed by atoms with Crippen LogP contribution in [0.25, 0.3) is 0 Å². The van der Waals surface area contributed by atoms with E-state index in [4.69, 9.17) is 16.3 Å². The molecule has 108 valence electrons. The first-order chi connectivity index (χ1) is 8.45. The molecule has 1 heterocycles. The third-order valence-corrected chi connectivity index (χ3v) is 5.24. The second-order valence-corrected chi connectivity index (χ2v) is 7.62. The van der Waals surface area contributed by atoms with Crippen molar-refractivity contribution in [3.05, 3.63) is 0 Å². The molecule has 0 radical (unpaired) electrons. The van der Waals surface area contributed by atoms with Gasteiger partial charge in [-0.15, -0.1) is 11.6 Å². The van der Waals surface area contributed by atoms with Crippen molar-refractivity contribution < 1.29 is 13.2 Å². The molecule has 1 aliphatic rings. The first-order valence-corrected chi connectivity index (χ1v) is 8.75. The van der Waals surface area contributed by atoms with E-state index < -0.39 is 10.0 Å². The van der Waals surface area contributed by atoms with E-state index in [0.717, 1.165) is 19.3 Å². The van der Waals surface area contributed by atoms with Gasteiger partial charge in [-0.3, -0.25) is 0 Å². The smallest absolute Gasteiger partial charge is 0.214 e. The first kappa shape index (κ1) is 16.2. The van der Waals surface area contributed by atoms with E-state index in [0.29, 0.717) is 31.5 Å². The summed E-state index contributed by atoms with van der Waals surface area (Å²) in [5.41, 5.74) is 0. The molecule has 6 heteroatoms. The van der Waals surface area contributed by atoms with Gasteiger partial charge in [-0.1, -0.05) is 13.8 Å². The Morgan fingerprint density at radius 2 is 1.94 bits per heavy atom. The summed E-state index contributed by atoms with van der Waals surface area (Å²) in [6, 6.07) is 0. The van der Waals surface area contributed by atoms with Crippen LogP contribution in [0.3, 0.4) is 0 Å². The number of hydrogen-bond acceptors (Lipinski definition) is 3. The van der Waals surface area contributed by atoms with E-state index in [9.17, 15) is 8.42 Å². The van der Waals surface area contributed by atoms with E-state index in [1.54, 1.807) is 4.31 Å². The molecule has 0 spiro atoms. The standard InChI is InChI=1S/C12H24ClNO3S/c1-11(2)5-10-18(15,16)14-7-3-12(4-8-14)17-9-6-13/h11-12H,3-10H2,1-2H3. The highest BCUT2D eigenvalue weighted by Gasteiger charge is 2.27. The molecule has 0 unspecified atom stereocenters. The zero-order valence-corrected chi connectivity index (χ0v) is 12.8. The van der Waals surface area contributed by atoms with Gasteiger partial charge in [0.05, 0.1) is 18.5 Å². The lowest BCUT2D eigenvalue weighted by Crippen LogP contribution is -2.42. The van der Waals surface area contributed by atoms with Crippen LogP contribution in [0.1, 0.15) is 33.1 Å². The van der Waals surface area contributed by atoms with Crippen molar-refractivity contribution in [1.82, 2.24) is 4.31 Å². The molecule has 0 aliphatic carbocycles. The average Bonchev–Trinajstić information content (AvgIpc) is 2.34. The third-order valence-electron chi connectivity index (χ3n) is 3.18. The van der Waals surface area contributed by atoms with Crippen LogP contribution in [0.2, 0.25) is 0 Å². The molecule has 0 saturated carbocycles. The highest BCUT2D eigenvalue weighted by molar-refractivity contribution is 7.89. The number of nitrogens with zero attached hydrogens (tertiary/aromatic N) is 1. The van der Waals surface area contributed by atoms with Gasteiger partial charge < -0.3 is 4.74 Å². The summed E-state index contributed by atoms with van der Waals surface area (Å²) >= 11 is 5.56. The molecule has 4 nitrogen and oxygen atoms in total. The van der Waals surface area contributed by atoms with Crippen molar-refractivity contribution in [2.24, 2.45) is 5.92 Å². The zero-order chi connectivity index (χ0) is 13.6. The predicted octanol–water partition coefficient (Wildman–Crippen LogP) is 2.08. The van der Waals surface area contributed by atoms with E-state index in [1.807, 2.05) is 13.8 Å². The maximum absolute atomic E-state index is 12.1. The van der Waals surface area contributed by atoms with Gasteiger partial charge in [-0.2, -0.15) is 0 Å². The zero-order valence-electron chi connectivity index (χ0n) is 11.3. The topological polar surface area (TPSA) is 46.6 Å². The summed E-state index contributed by atoms with van der Waals surface area (Å²) < 4.78 is 31.3. The van der Waals surface area contributed by atoms with Crippen LogP contribution < -0.4 is 0 Å². The molecule has 0 N–H and O–H groups in total. The summed E-state index contributed by atoms with van der Waals surface area (Å²) in [6.07, 6.45) is 2.45. The summed E-state index contributed by atoms with van der Waals surface area (Å²) in [5.74, 6) is 1.18. The Labute approximate surface area is 116 Å². The quantitative estimate of drug-likeness (QED) is 0.676. The largest absolute Gasteiger partial charge is 0.377 e. The molecule has 0 amide bonds. The predicted molar refractivity (Wildman–Crippen MR) is 74.5 cm³/mol. The maximum Gasteiger partial charge on any atom is 0.214 e. The summed E-state index contributed by atoms with van der Waals surface area (Å²) in [6.45, 7) is 5.79. The summed E-state index contributed by atoms with van der Waals surface area (Å²) in [7, 11) is -3.07. The van der Waals surface area contributed by atoms with Crippen LogP contribution in [-0.2, 0) is 14.8 Å². The van der Waals surface area contributed by atoms with Crippen molar-refractivity contribution in [2.45, 2.75) is 39.2 Å². The molecule has 1 rings (SSSR count). The van der Waals surface area contributed by atoms with Gasteiger partial charge >= 0.3 is 0 Å². The van der Waals surface area contributed by atoms with Gasteiger partial charge in [0.25, 0.3) is 0 Å². The van der Waals surface area contributed by atoms with Crippen LogP contribution in [-0.4, -0.2) is 50.2 Å². The highest BCUT2D eigenvalue weighted by atomic mass is 35.5. The first-order valence-electron chi connectivity index (χ1n) is 6.61. The van der Waals surface area contributed by atoms with E-state index in [1.165, 1.54) is 0 Å². The number of halogens is 1. The van der Waals surface area contributed by atoms with Crippen molar-refractivity contribution in [2.75, 3.05) is 31.3 Å². The Morgan fingerprint density at radius 1 is 1.33 bits per heavy atom. The van der Waals surface area contributed by atoms with Crippen LogP contribution in [0.5, 0.6) is 0 Å². The molecule has 0 aromatic rings. The summed E-state index contributed by atoms with van der Waals surface area (Å²) in [4.78, 5) is 0. The second-order valence-electron chi connectivity index (χ2n) is 5.16. The minimum absolute atomic E-state index is 0.167. The molecule has 18 heavy (non-hydrogen) atoms. The molecule has 1 aliphatic heterocycles. The number of rotatable bonds is 7. The lowest BCUT2D eigenvalue weighted by atomic mass is 10.1. The lowest BCUT2D eigenvalue weighted by molar-refractivity contribution is 0.0301. The van der Waals surface area contributed by atoms with Gasteiger partial charge in [0, 0.05) is 19.0 Å². The van der Waals surface area contributed by atoms with Crippen LogP contribution in [0, 0.1) is 5.92 Å². The summed E-state index contributed by atoms with van der Waals surface area (Å²) in [5, 5.41) is 0. The molecule has 1 fully saturated rings. The monoisotopic (exact) mass is 297 g/mol. The second kappa shape index (κ2) is 7.68. The minimum atomic E-state index is -3.07. The van der Waals surface area contributed by atoms with Crippen LogP contribution in [0.15, 0.2) is 0 Å². The number of piperidine rings is 1. The number of ether oxygens (including phenoxy) is 1. The normalized spacial score (nSPS) is 19.6. The van der Waals surface area contributed by atoms with E-state index in [2.05, 4.69) is 0 Å². The Kier molecular flexibility index (Phi) is 6.92. The Bertz CT molecular complexity index is 324. The Morgan fingerprint density at radius 3 is 2.44 bits per heavy atom. The maximum atomic E-state index is 12.1. The number of alkyl halides is 1. The van der Waals surface area contributed by atoms with Gasteiger partial charge in [0.1, 0.15) is 0 Å². The van der Waals surface area contributed by atoms with E-state index in [-0.39, 0.29) is 11.9 Å². The Balaban J connectivity index is 2.37. The molecular formula is C12H24ClNO3S. The minimum Gasteiger partial charge on any atom is -0.377 e. The molecule has 0 aromatic carbocycles. The van der Waals surface area contributed by atoms with E-state index >= 15 is 0 Å². The Hall–Kier alpha value is 0.160. The number of hydrogen-bond donors (Lipinski definition) is 0. The fourth-order valence-electron chi connectivity index (χ4n) is 2.00. The van der Waals surface area contributed by atoms with Crippen molar-refractivity contribution in [3.8, 4) is 0 Å². The SMILES string of the molecule is CC(C)CCS(=O)(=O)N1CCC(OCCCl)CC1. The molecule has 1 saturated heterocycles. The highest BCUT2D eigenvalue weighted by Crippen LogP contribution is 2.18. The van der Waals surface area contributed by atoms with Crippen molar-refractivity contribution in [3.63, 3.8) is 0 Å². The van der Waals surface area contributed by atoms with Crippen LogP contribution >= 0.6 is 11.6 Å². The lowest BCUT2D eigenvalue weighted by Gasteiger charge is -2.31. The van der Waals surface area contributed by atoms with Crippen molar-refractivity contribution in [1.29, 1.82) is 0 Å². The van der Waals surface area contributed by atoms with Crippen molar-refractivity contribution >= 4 is 21.6 Å². The fraction of sp³-hybridized carbons (Fsp3) is 1.00. The average molecular weight is 298 g/mol. The van der Waals surface area contributed by atoms with Crippen LogP contribution in [0.4, 0.5) is 0 Å². The number of sulfonamides is 1. The third kappa shape index (κ3) is 5.43.